The van der Waals surface area contributed by atoms with Crippen molar-refractivity contribution < 1.29 is 0 Å². The summed E-state index contributed by atoms with van der Waals surface area (Å²) in [5.74, 6) is 0.389. The van der Waals surface area contributed by atoms with Gasteiger partial charge in [-0.1, -0.05) is 103 Å². The average molecular weight is 618 g/mol. The summed E-state index contributed by atoms with van der Waals surface area (Å²) in [5, 5.41) is 19.5. The Labute approximate surface area is 276 Å². The average Bonchev–Trinajstić information content (AvgIpc) is 3.75. The zero-order chi connectivity index (χ0) is 31.9. The second-order valence-corrected chi connectivity index (χ2v) is 12.6. The van der Waals surface area contributed by atoms with Crippen molar-refractivity contribution in [1.29, 1.82) is 5.41 Å². The predicted molar refractivity (Wildman–Crippen MR) is 201 cm³/mol. The number of benzene rings is 6. The van der Waals surface area contributed by atoms with Gasteiger partial charge in [0.2, 0.25) is 0 Å². The summed E-state index contributed by atoms with van der Waals surface area (Å²) in [5.41, 5.74) is 10.7. The fourth-order valence-corrected chi connectivity index (χ4v) is 8.05. The SMILES string of the molecule is C/C=C\C=C/C(=N)NC1c2cccc3c4c5c(ccc4n1c23)c1ccccc1n5-c1ccc2c3ccccc3n(-c3ccccc3)c2c1. The first-order chi connectivity index (χ1) is 23.7. The normalized spacial score (nSPS) is 14.5. The quantitative estimate of drug-likeness (QED) is 0.113. The van der Waals surface area contributed by atoms with Gasteiger partial charge in [0.25, 0.3) is 0 Å². The van der Waals surface area contributed by atoms with Crippen LogP contribution in [0.5, 0.6) is 0 Å². The number of nitrogens with one attached hydrogen (secondary N) is 2. The predicted octanol–water partition coefficient (Wildman–Crippen LogP) is 10.5. The highest BCUT2D eigenvalue weighted by Gasteiger charge is 2.33. The Bertz CT molecular complexity index is 2840. The van der Waals surface area contributed by atoms with E-state index in [0.717, 1.165) is 11.4 Å². The minimum atomic E-state index is -0.0998. The molecule has 6 aromatic carbocycles. The van der Waals surface area contributed by atoms with Gasteiger partial charge >= 0.3 is 0 Å². The molecule has 5 heteroatoms. The lowest BCUT2D eigenvalue weighted by molar-refractivity contribution is 0.543. The maximum atomic E-state index is 8.61. The molecule has 1 unspecified atom stereocenters. The van der Waals surface area contributed by atoms with Crippen molar-refractivity contribution in [2.24, 2.45) is 0 Å². The van der Waals surface area contributed by atoms with Crippen molar-refractivity contribution in [2.45, 2.75) is 13.1 Å². The molecule has 0 bridgehead atoms. The molecule has 0 fully saturated rings. The van der Waals surface area contributed by atoms with Crippen LogP contribution in [-0.2, 0) is 0 Å². The molecule has 0 saturated heterocycles. The molecule has 1 aliphatic heterocycles. The van der Waals surface area contributed by atoms with E-state index in [0.29, 0.717) is 5.84 Å². The third kappa shape index (κ3) is 3.58. The second kappa shape index (κ2) is 10.1. The Morgan fingerprint density at radius 1 is 0.583 bits per heavy atom. The maximum absolute atomic E-state index is 8.61. The molecular formula is C43H31N5. The molecular weight excluding hydrogens is 587 g/mol. The summed E-state index contributed by atoms with van der Waals surface area (Å²) in [7, 11) is 0. The van der Waals surface area contributed by atoms with E-state index in [4.69, 9.17) is 5.41 Å². The third-order valence-corrected chi connectivity index (χ3v) is 9.99. The lowest BCUT2D eigenvalue weighted by atomic mass is 10.0. The summed E-state index contributed by atoms with van der Waals surface area (Å²) < 4.78 is 7.22. The number of amidine groups is 1. The lowest BCUT2D eigenvalue weighted by Gasteiger charge is -2.32. The van der Waals surface area contributed by atoms with Crippen LogP contribution in [0.25, 0.3) is 76.8 Å². The Kier molecular flexibility index (Phi) is 5.64. The number of hydrogen-bond donors (Lipinski definition) is 2. The second-order valence-electron chi connectivity index (χ2n) is 12.6. The van der Waals surface area contributed by atoms with Gasteiger partial charge in [0, 0.05) is 49.3 Å². The first-order valence-corrected chi connectivity index (χ1v) is 16.4. The first kappa shape index (κ1) is 26.8. The molecule has 1 aliphatic rings. The molecule has 3 aromatic heterocycles. The topological polar surface area (TPSA) is 50.7 Å². The van der Waals surface area contributed by atoms with Gasteiger partial charge in [-0.05, 0) is 55.5 Å². The van der Waals surface area contributed by atoms with Crippen LogP contribution in [0.1, 0.15) is 18.7 Å². The number of allylic oxidation sites excluding steroid dienone is 3. The Hall–Kier alpha value is -6.33. The minimum Gasteiger partial charge on any atom is -0.346 e. The van der Waals surface area contributed by atoms with Gasteiger partial charge in [-0.25, -0.2) is 0 Å². The van der Waals surface area contributed by atoms with Gasteiger partial charge in [-0.15, -0.1) is 0 Å². The zero-order valence-electron chi connectivity index (χ0n) is 26.4. The van der Waals surface area contributed by atoms with E-state index in [1.807, 2.05) is 31.2 Å². The van der Waals surface area contributed by atoms with Crippen LogP contribution in [0.2, 0.25) is 0 Å². The van der Waals surface area contributed by atoms with E-state index >= 15 is 0 Å². The van der Waals surface area contributed by atoms with Gasteiger partial charge in [0.05, 0.1) is 33.1 Å². The molecule has 228 valence electrons. The molecule has 10 rings (SSSR count). The van der Waals surface area contributed by atoms with Gasteiger partial charge in [-0.3, -0.25) is 5.41 Å². The van der Waals surface area contributed by atoms with E-state index in [1.54, 1.807) is 0 Å². The van der Waals surface area contributed by atoms with Crippen molar-refractivity contribution in [2.75, 3.05) is 0 Å². The van der Waals surface area contributed by atoms with Crippen LogP contribution in [-0.4, -0.2) is 19.5 Å². The molecule has 5 nitrogen and oxygen atoms in total. The maximum Gasteiger partial charge on any atom is 0.133 e. The molecule has 0 saturated carbocycles. The van der Waals surface area contributed by atoms with Crippen LogP contribution < -0.4 is 5.32 Å². The van der Waals surface area contributed by atoms with Crippen molar-refractivity contribution in [3.8, 4) is 11.4 Å². The summed E-state index contributed by atoms with van der Waals surface area (Å²) in [6, 6.07) is 46.2. The Morgan fingerprint density at radius 3 is 2.08 bits per heavy atom. The molecule has 0 radical (unpaired) electrons. The van der Waals surface area contributed by atoms with Gasteiger partial charge in [-0.2, -0.15) is 0 Å². The van der Waals surface area contributed by atoms with Crippen molar-refractivity contribution in [3.63, 3.8) is 0 Å². The summed E-state index contributed by atoms with van der Waals surface area (Å²) in [4.78, 5) is 0. The molecule has 4 heterocycles. The first-order valence-electron chi connectivity index (χ1n) is 16.4. The number of aromatic nitrogens is 3. The molecule has 0 aliphatic carbocycles. The highest BCUT2D eigenvalue weighted by atomic mass is 15.2. The Balaban J connectivity index is 1.27. The van der Waals surface area contributed by atoms with E-state index < -0.39 is 0 Å². The van der Waals surface area contributed by atoms with Crippen molar-refractivity contribution in [1.82, 2.24) is 19.0 Å². The number of para-hydroxylation sites is 4. The van der Waals surface area contributed by atoms with Crippen molar-refractivity contribution >= 4 is 71.3 Å². The van der Waals surface area contributed by atoms with Gasteiger partial charge in [0.1, 0.15) is 12.0 Å². The molecule has 48 heavy (non-hydrogen) atoms. The van der Waals surface area contributed by atoms with E-state index in [9.17, 15) is 0 Å². The van der Waals surface area contributed by atoms with E-state index in [1.165, 1.54) is 71.0 Å². The van der Waals surface area contributed by atoms with Crippen molar-refractivity contribution in [3.05, 3.63) is 157 Å². The fraction of sp³-hybridized carbons (Fsp3) is 0.0465. The monoisotopic (exact) mass is 617 g/mol. The minimum absolute atomic E-state index is 0.0998. The summed E-state index contributed by atoms with van der Waals surface area (Å²) in [6.45, 7) is 1.98. The highest BCUT2D eigenvalue weighted by Crippen LogP contribution is 2.48. The number of fused-ring (bicyclic) bond motifs is 10. The Morgan fingerprint density at radius 2 is 1.27 bits per heavy atom. The summed E-state index contributed by atoms with van der Waals surface area (Å²) >= 11 is 0. The number of rotatable bonds is 5. The van der Waals surface area contributed by atoms with Crippen LogP contribution in [0, 0.1) is 5.41 Å². The molecule has 1 atom stereocenters. The van der Waals surface area contributed by atoms with Crippen LogP contribution in [0.3, 0.4) is 0 Å². The van der Waals surface area contributed by atoms with E-state index in [-0.39, 0.29) is 6.17 Å². The van der Waals surface area contributed by atoms with Crippen LogP contribution in [0.15, 0.2) is 152 Å². The lowest BCUT2D eigenvalue weighted by Crippen LogP contribution is -2.36. The van der Waals surface area contributed by atoms with Crippen LogP contribution >= 0.6 is 0 Å². The fourth-order valence-electron chi connectivity index (χ4n) is 8.05. The largest absolute Gasteiger partial charge is 0.346 e. The highest BCUT2D eigenvalue weighted by molar-refractivity contribution is 6.27. The number of hydrogen-bond acceptors (Lipinski definition) is 1. The summed E-state index contributed by atoms with van der Waals surface area (Å²) in [6.07, 6.45) is 7.52. The smallest absolute Gasteiger partial charge is 0.133 e. The third-order valence-electron chi connectivity index (χ3n) is 9.99. The van der Waals surface area contributed by atoms with Crippen LogP contribution in [0.4, 0.5) is 0 Å². The number of nitrogens with zero attached hydrogens (tertiary/aromatic N) is 3. The standard InChI is InChI=1S/C43H31N5/c1-2-3-5-21-39(44)45-43-34-18-12-17-33-40-37(48(43)41(33)34)25-24-32-30-16-9-11-20-36(30)47(42(32)40)28-22-23-31-29-15-8-10-19-35(29)46(38(31)26-28)27-13-6-4-7-14-27/h2-26,43H,1H3,(H2,44,45)/b3-2-,21-5-. The van der Waals surface area contributed by atoms with E-state index in [2.05, 4.69) is 146 Å². The molecule has 9 aromatic rings. The van der Waals surface area contributed by atoms with Gasteiger partial charge < -0.3 is 19.0 Å². The molecule has 0 amide bonds. The van der Waals surface area contributed by atoms with Gasteiger partial charge in [0.15, 0.2) is 0 Å². The zero-order valence-corrected chi connectivity index (χ0v) is 26.4. The molecule has 0 spiro atoms. The molecule has 2 N–H and O–H groups in total.